The number of hydrogen-bond donors (Lipinski definition) is 1. The summed E-state index contributed by atoms with van der Waals surface area (Å²) in [5, 5.41) is 15.0. The number of aromatic nitrogens is 2. The van der Waals surface area contributed by atoms with E-state index >= 15 is 0 Å². The lowest BCUT2D eigenvalue weighted by Crippen LogP contribution is -2.11. The SMILES string of the molecule is Cc1nn(CC(=O)O)c(C)c1-c1cccs1. The largest absolute Gasteiger partial charge is 0.480 e. The number of aliphatic carboxylic acids is 1. The van der Waals surface area contributed by atoms with Crippen LogP contribution in [0, 0.1) is 13.8 Å². The van der Waals surface area contributed by atoms with E-state index in [0.29, 0.717) is 0 Å². The van der Waals surface area contributed by atoms with Crippen molar-refractivity contribution in [2.24, 2.45) is 0 Å². The Morgan fingerprint density at radius 1 is 1.56 bits per heavy atom. The third-order valence-electron chi connectivity index (χ3n) is 2.43. The normalized spacial score (nSPS) is 10.6. The van der Waals surface area contributed by atoms with Crippen LogP contribution in [-0.4, -0.2) is 20.9 Å². The van der Waals surface area contributed by atoms with Gasteiger partial charge in [-0.25, -0.2) is 0 Å². The zero-order chi connectivity index (χ0) is 11.7. The van der Waals surface area contributed by atoms with Crippen molar-refractivity contribution in [3.05, 3.63) is 28.9 Å². The van der Waals surface area contributed by atoms with E-state index in [4.69, 9.17) is 5.11 Å². The molecule has 2 heterocycles. The van der Waals surface area contributed by atoms with Gasteiger partial charge in [0.2, 0.25) is 0 Å². The van der Waals surface area contributed by atoms with Crippen molar-refractivity contribution in [1.82, 2.24) is 9.78 Å². The number of carboxylic acids is 1. The number of carboxylic acid groups (broad SMARTS) is 1. The van der Waals surface area contributed by atoms with E-state index in [9.17, 15) is 4.79 Å². The molecule has 2 aromatic heterocycles. The number of nitrogens with zero attached hydrogens (tertiary/aromatic N) is 2. The summed E-state index contributed by atoms with van der Waals surface area (Å²) < 4.78 is 1.53. The lowest BCUT2D eigenvalue weighted by molar-refractivity contribution is -0.137. The van der Waals surface area contributed by atoms with Crippen molar-refractivity contribution in [3.63, 3.8) is 0 Å². The Hall–Kier alpha value is -1.62. The van der Waals surface area contributed by atoms with Gasteiger partial charge < -0.3 is 5.11 Å². The molecule has 0 aliphatic rings. The van der Waals surface area contributed by atoms with Crippen molar-refractivity contribution in [1.29, 1.82) is 0 Å². The molecule has 0 aliphatic carbocycles. The van der Waals surface area contributed by atoms with Crippen LogP contribution in [0.3, 0.4) is 0 Å². The molecule has 0 bridgehead atoms. The van der Waals surface area contributed by atoms with Crippen LogP contribution >= 0.6 is 11.3 Å². The maximum Gasteiger partial charge on any atom is 0.325 e. The molecule has 0 saturated carbocycles. The highest BCUT2D eigenvalue weighted by molar-refractivity contribution is 7.13. The van der Waals surface area contributed by atoms with Gasteiger partial charge in [-0.1, -0.05) is 6.07 Å². The molecule has 0 aromatic carbocycles. The summed E-state index contributed by atoms with van der Waals surface area (Å²) in [7, 11) is 0. The predicted octanol–water partition coefficient (Wildman–Crippen LogP) is 2.31. The lowest BCUT2D eigenvalue weighted by atomic mass is 10.1. The Bertz CT molecular complexity index is 514. The molecule has 0 aliphatic heterocycles. The standard InChI is InChI=1S/C11H12N2O2S/c1-7-11(9-4-3-5-16-9)8(2)13(12-7)6-10(14)15/h3-5H,6H2,1-2H3,(H,14,15). The van der Waals surface area contributed by atoms with E-state index in [1.165, 1.54) is 4.68 Å². The third kappa shape index (κ3) is 1.86. The van der Waals surface area contributed by atoms with E-state index in [-0.39, 0.29) is 6.54 Å². The average molecular weight is 236 g/mol. The molecule has 1 N–H and O–H groups in total. The molecule has 2 aromatic rings. The van der Waals surface area contributed by atoms with Crippen molar-refractivity contribution < 1.29 is 9.90 Å². The van der Waals surface area contributed by atoms with E-state index in [1.54, 1.807) is 11.3 Å². The molecule has 84 valence electrons. The zero-order valence-corrected chi connectivity index (χ0v) is 9.91. The summed E-state index contributed by atoms with van der Waals surface area (Å²) in [6.07, 6.45) is 0. The molecule has 4 nitrogen and oxygen atoms in total. The number of hydrogen-bond acceptors (Lipinski definition) is 3. The maximum absolute atomic E-state index is 10.7. The first-order valence-corrected chi connectivity index (χ1v) is 5.77. The van der Waals surface area contributed by atoms with E-state index in [1.807, 2.05) is 31.4 Å². The molecule has 0 saturated heterocycles. The quantitative estimate of drug-likeness (QED) is 0.889. The van der Waals surface area contributed by atoms with Gasteiger partial charge >= 0.3 is 5.97 Å². The molecular formula is C11H12N2O2S. The minimum atomic E-state index is -0.872. The maximum atomic E-state index is 10.7. The van der Waals surface area contributed by atoms with Crippen molar-refractivity contribution >= 4 is 17.3 Å². The summed E-state index contributed by atoms with van der Waals surface area (Å²) in [6.45, 7) is 3.72. The first-order valence-electron chi connectivity index (χ1n) is 4.89. The molecule has 0 spiro atoms. The number of rotatable bonds is 3. The third-order valence-corrected chi connectivity index (χ3v) is 3.32. The van der Waals surface area contributed by atoms with Gasteiger partial charge in [-0.15, -0.1) is 11.3 Å². The molecule has 5 heteroatoms. The lowest BCUT2D eigenvalue weighted by Gasteiger charge is -2.00. The second kappa shape index (κ2) is 4.09. The highest BCUT2D eigenvalue weighted by atomic mass is 32.1. The Balaban J connectivity index is 2.47. The molecule has 0 amide bonds. The summed E-state index contributed by atoms with van der Waals surface area (Å²) in [5.74, 6) is -0.872. The van der Waals surface area contributed by atoms with Crippen LogP contribution in [0.2, 0.25) is 0 Å². The van der Waals surface area contributed by atoms with Crippen LogP contribution < -0.4 is 0 Å². The van der Waals surface area contributed by atoms with E-state index in [2.05, 4.69) is 5.10 Å². The zero-order valence-electron chi connectivity index (χ0n) is 9.10. The monoisotopic (exact) mass is 236 g/mol. The average Bonchev–Trinajstić information content (AvgIpc) is 2.76. The molecular weight excluding hydrogens is 224 g/mol. The number of thiophene rings is 1. The first kappa shape index (κ1) is 10.9. The number of carbonyl (C=O) groups is 1. The highest BCUT2D eigenvalue weighted by Gasteiger charge is 2.15. The Labute approximate surface area is 97.2 Å². The summed E-state index contributed by atoms with van der Waals surface area (Å²) in [4.78, 5) is 11.8. The minimum Gasteiger partial charge on any atom is -0.480 e. The van der Waals surface area contributed by atoms with Gasteiger partial charge in [0.25, 0.3) is 0 Å². The summed E-state index contributed by atoms with van der Waals surface area (Å²) >= 11 is 1.64. The van der Waals surface area contributed by atoms with Gasteiger partial charge in [0.05, 0.1) is 5.69 Å². The highest BCUT2D eigenvalue weighted by Crippen LogP contribution is 2.30. The second-order valence-corrected chi connectivity index (χ2v) is 4.52. The van der Waals surface area contributed by atoms with Gasteiger partial charge in [0.15, 0.2) is 0 Å². The van der Waals surface area contributed by atoms with Crippen LogP contribution in [0.4, 0.5) is 0 Å². The van der Waals surface area contributed by atoms with Crippen molar-refractivity contribution in [2.75, 3.05) is 0 Å². The van der Waals surface area contributed by atoms with Gasteiger partial charge in [-0.05, 0) is 25.3 Å². The van der Waals surface area contributed by atoms with Gasteiger partial charge in [-0.2, -0.15) is 5.10 Å². The Kier molecular flexibility index (Phi) is 2.78. The minimum absolute atomic E-state index is 0.0853. The summed E-state index contributed by atoms with van der Waals surface area (Å²) in [5.41, 5.74) is 2.83. The van der Waals surface area contributed by atoms with Crippen LogP contribution in [-0.2, 0) is 11.3 Å². The van der Waals surface area contributed by atoms with E-state index < -0.39 is 5.97 Å². The summed E-state index contributed by atoms with van der Waals surface area (Å²) in [6, 6.07) is 4.00. The first-order chi connectivity index (χ1) is 7.59. The van der Waals surface area contributed by atoms with E-state index in [0.717, 1.165) is 21.8 Å². The second-order valence-electron chi connectivity index (χ2n) is 3.57. The smallest absolute Gasteiger partial charge is 0.325 e. The Morgan fingerprint density at radius 3 is 2.88 bits per heavy atom. The molecule has 0 radical (unpaired) electrons. The fourth-order valence-electron chi connectivity index (χ4n) is 1.76. The van der Waals surface area contributed by atoms with Crippen molar-refractivity contribution in [3.8, 4) is 10.4 Å². The molecule has 0 atom stereocenters. The molecule has 16 heavy (non-hydrogen) atoms. The van der Waals surface area contributed by atoms with Crippen molar-refractivity contribution in [2.45, 2.75) is 20.4 Å². The van der Waals surface area contributed by atoms with Crippen LogP contribution in [0.15, 0.2) is 17.5 Å². The topological polar surface area (TPSA) is 55.1 Å². The van der Waals surface area contributed by atoms with Gasteiger partial charge in [0, 0.05) is 16.1 Å². The van der Waals surface area contributed by atoms with Crippen LogP contribution in [0.25, 0.3) is 10.4 Å². The van der Waals surface area contributed by atoms with Crippen LogP contribution in [0.1, 0.15) is 11.4 Å². The van der Waals surface area contributed by atoms with Crippen LogP contribution in [0.5, 0.6) is 0 Å². The van der Waals surface area contributed by atoms with Gasteiger partial charge in [0.1, 0.15) is 6.54 Å². The molecule has 2 rings (SSSR count). The Morgan fingerprint density at radius 2 is 2.31 bits per heavy atom. The predicted molar refractivity (Wildman–Crippen MR) is 62.6 cm³/mol. The molecule has 0 unspecified atom stereocenters. The van der Waals surface area contributed by atoms with Gasteiger partial charge in [-0.3, -0.25) is 9.48 Å². The number of aryl methyl sites for hydroxylation is 1. The fraction of sp³-hybridized carbons (Fsp3) is 0.273. The molecule has 0 fully saturated rings. The fourth-order valence-corrected chi connectivity index (χ4v) is 2.63.